The third kappa shape index (κ3) is 2.49. The van der Waals surface area contributed by atoms with Gasteiger partial charge in [0.05, 0.1) is 6.10 Å². The van der Waals surface area contributed by atoms with Crippen molar-refractivity contribution >= 4 is 0 Å². The van der Waals surface area contributed by atoms with Gasteiger partial charge in [-0.1, -0.05) is 19.8 Å². The van der Waals surface area contributed by atoms with Crippen molar-refractivity contribution in [2.75, 3.05) is 6.61 Å². The molecule has 0 bridgehead atoms. The summed E-state index contributed by atoms with van der Waals surface area (Å²) in [4.78, 5) is 0. The van der Waals surface area contributed by atoms with Crippen LogP contribution in [0.4, 0.5) is 0 Å². The minimum absolute atomic E-state index is 0.0918. The zero-order chi connectivity index (χ0) is 15.9. The second-order valence-electron chi connectivity index (χ2n) is 7.39. The molecule has 2 saturated heterocycles. The maximum atomic E-state index is 11.6. The van der Waals surface area contributed by atoms with Gasteiger partial charge in [0.1, 0.15) is 12.2 Å². The average molecular weight is 308 g/mol. The first kappa shape index (κ1) is 16.3. The molecule has 2 heterocycles. The highest BCUT2D eigenvalue weighted by molar-refractivity contribution is 5.06. The van der Waals surface area contributed by atoms with Gasteiger partial charge in [-0.2, -0.15) is 0 Å². The molecule has 0 amide bonds. The summed E-state index contributed by atoms with van der Waals surface area (Å²) in [6, 6.07) is 0. The summed E-state index contributed by atoms with van der Waals surface area (Å²) in [5.74, 6) is 3.48. The van der Waals surface area contributed by atoms with Crippen LogP contribution >= 0.6 is 0 Å². The fourth-order valence-electron chi connectivity index (χ4n) is 4.86. The van der Waals surface area contributed by atoms with Crippen molar-refractivity contribution in [3.05, 3.63) is 0 Å². The Morgan fingerprint density at radius 1 is 1.14 bits per heavy atom. The van der Waals surface area contributed by atoms with E-state index in [2.05, 4.69) is 26.7 Å². The smallest absolute Gasteiger partial charge is 0.190 e. The van der Waals surface area contributed by atoms with Crippen LogP contribution in [0.15, 0.2) is 0 Å². The van der Waals surface area contributed by atoms with Crippen molar-refractivity contribution in [2.45, 2.75) is 70.7 Å². The summed E-state index contributed by atoms with van der Waals surface area (Å²) in [7, 11) is 0. The van der Waals surface area contributed by atoms with E-state index in [1.807, 2.05) is 0 Å². The summed E-state index contributed by atoms with van der Waals surface area (Å²) in [6.45, 7) is 6.63. The molecular weight excluding hydrogens is 280 g/mol. The highest BCUT2D eigenvalue weighted by Crippen LogP contribution is 2.54. The lowest BCUT2D eigenvalue weighted by atomic mass is 9.58. The van der Waals surface area contributed by atoms with Gasteiger partial charge in [-0.15, -0.1) is 6.42 Å². The number of ether oxygens (including phenoxy) is 3. The topological polar surface area (TPSA) is 47.9 Å². The van der Waals surface area contributed by atoms with Crippen LogP contribution in [0.5, 0.6) is 0 Å². The van der Waals surface area contributed by atoms with Crippen LogP contribution < -0.4 is 0 Å². The molecule has 3 aliphatic rings. The number of terminal acetylenes is 1. The monoisotopic (exact) mass is 308 g/mol. The molecule has 3 rings (SSSR count). The van der Waals surface area contributed by atoms with Gasteiger partial charge in [-0.05, 0) is 44.4 Å². The third-order valence-corrected chi connectivity index (χ3v) is 6.08. The lowest BCUT2D eigenvalue weighted by Gasteiger charge is -2.57. The number of hydrogen-bond acceptors (Lipinski definition) is 4. The molecule has 8 atom stereocenters. The quantitative estimate of drug-likeness (QED) is 0.797. The molecule has 0 spiro atoms. The van der Waals surface area contributed by atoms with Crippen molar-refractivity contribution in [1.29, 1.82) is 0 Å². The van der Waals surface area contributed by atoms with Gasteiger partial charge in [0.2, 0.25) is 0 Å². The zero-order valence-electron chi connectivity index (χ0n) is 13.8. The van der Waals surface area contributed by atoms with Gasteiger partial charge < -0.3 is 19.3 Å². The van der Waals surface area contributed by atoms with Gasteiger partial charge in [0.25, 0.3) is 0 Å². The molecule has 0 aromatic rings. The Balaban J connectivity index is 1.92. The number of rotatable bonds is 2. The molecule has 0 aromatic carbocycles. The van der Waals surface area contributed by atoms with E-state index >= 15 is 0 Å². The Kier molecular flexibility index (Phi) is 4.53. The van der Waals surface area contributed by atoms with Crippen molar-refractivity contribution in [2.24, 2.45) is 23.7 Å². The summed E-state index contributed by atoms with van der Waals surface area (Å²) >= 11 is 0. The summed E-state index contributed by atoms with van der Waals surface area (Å²) in [5.41, 5.74) is -0.905. The minimum Gasteiger partial charge on any atom is -0.384 e. The van der Waals surface area contributed by atoms with Gasteiger partial charge in [0, 0.05) is 11.8 Å². The van der Waals surface area contributed by atoms with E-state index in [9.17, 15) is 5.11 Å². The van der Waals surface area contributed by atoms with Crippen LogP contribution in [-0.4, -0.2) is 36.0 Å². The molecule has 4 nitrogen and oxygen atoms in total. The molecule has 22 heavy (non-hydrogen) atoms. The fourth-order valence-corrected chi connectivity index (χ4v) is 4.86. The van der Waals surface area contributed by atoms with Crippen LogP contribution in [-0.2, 0) is 14.2 Å². The maximum Gasteiger partial charge on any atom is 0.190 e. The summed E-state index contributed by atoms with van der Waals surface area (Å²) in [6.07, 6.45) is 8.49. The first-order valence-corrected chi connectivity index (χ1v) is 8.56. The molecule has 0 aromatic heterocycles. The normalized spacial score (nSPS) is 51.5. The summed E-state index contributed by atoms with van der Waals surface area (Å²) in [5, 5.41) is 11.6. The Hall–Kier alpha value is -0.600. The molecule has 124 valence electrons. The molecule has 1 N–H and O–H groups in total. The highest BCUT2D eigenvalue weighted by atomic mass is 16.8. The lowest BCUT2D eigenvalue weighted by Crippen LogP contribution is -2.66. The SMILES string of the molecule is C#CCOC1OC2OC(C)CCC3C(C)CCC(C1C)C23O. The van der Waals surface area contributed by atoms with Crippen molar-refractivity contribution in [3.63, 3.8) is 0 Å². The van der Waals surface area contributed by atoms with E-state index in [0.29, 0.717) is 5.92 Å². The average Bonchev–Trinajstić information content (AvgIpc) is 2.60. The van der Waals surface area contributed by atoms with E-state index in [1.165, 1.54) is 0 Å². The Morgan fingerprint density at radius 3 is 2.59 bits per heavy atom. The van der Waals surface area contributed by atoms with Crippen LogP contribution in [0.25, 0.3) is 0 Å². The first-order chi connectivity index (χ1) is 10.5. The van der Waals surface area contributed by atoms with Gasteiger partial charge >= 0.3 is 0 Å². The fraction of sp³-hybridized carbons (Fsp3) is 0.889. The third-order valence-electron chi connectivity index (χ3n) is 6.08. The molecular formula is C18H28O4. The zero-order valence-corrected chi connectivity index (χ0v) is 13.8. The first-order valence-electron chi connectivity index (χ1n) is 8.56. The predicted molar refractivity (Wildman–Crippen MR) is 82.7 cm³/mol. The van der Waals surface area contributed by atoms with E-state index in [0.717, 1.165) is 25.7 Å². The molecule has 3 fully saturated rings. The summed E-state index contributed by atoms with van der Waals surface area (Å²) < 4.78 is 17.8. The van der Waals surface area contributed by atoms with E-state index in [-0.39, 0.29) is 30.5 Å². The lowest BCUT2D eigenvalue weighted by molar-refractivity contribution is -0.380. The number of hydrogen-bond donors (Lipinski definition) is 1. The van der Waals surface area contributed by atoms with Crippen LogP contribution in [0.3, 0.4) is 0 Å². The molecule has 1 aliphatic carbocycles. The van der Waals surface area contributed by atoms with Crippen LogP contribution in [0.1, 0.15) is 46.5 Å². The predicted octanol–water partition coefficient (Wildman–Crippen LogP) is 2.55. The van der Waals surface area contributed by atoms with Gasteiger partial charge in [0.15, 0.2) is 12.6 Å². The van der Waals surface area contributed by atoms with Crippen LogP contribution in [0, 0.1) is 36.0 Å². The van der Waals surface area contributed by atoms with E-state index in [4.69, 9.17) is 20.6 Å². The molecule has 4 heteroatoms. The highest BCUT2D eigenvalue weighted by Gasteiger charge is 2.62. The minimum atomic E-state index is -0.905. The van der Waals surface area contributed by atoms with E-state index < -0.39 is 18.2 Å². The van der Waals surface area contributed by atoms with Gasteiger partial charge in [-0.3, -0.25) is 0 Å². The number of aliphatic hydroxyl groups is 1. The largest absolute Gasteiger partial charge is 0.384 e. The Morgan fingerprint density at radius 2 is 1.86 bits per heavy atom. The Bertz CT molecular complexity index is 445. The standard InChI is InChI=1S/C18H28O4/c1-5-10-20-16-13(4)15-8-6-11(2)14-9-7-12(3)21-17(22-16)18(14,15)19/h1,11-17,19H,6-10H2,2-4H3. The van der Waals surface area contributed by atoms with Crippen molar-refractivity contribution in [1.82, 2.24) is 0 Å². The van der Waals surface area contributed by atoms with Crippen molar-refractivity contribution in [3.8, 4) is 12.3 Å². The molecule has 8 unspecified atom stereocenters. The van der Waals surface area contributed by atoms with Crippen molar-refractivity contribution < 1.29 is 19.3 Å². The van der Waals surface area contributed by atoms with Crippen LogP contribution in [0.2, 0.25) is 0 Å². The second kappa shape index (κ2) is 6.13. The molecule has 1 saturated carbocycles. The van der Waals surface area contributed by atoms with Gasteiger partial charge in [-0.25, -0.2) is 0 Å². The van der Waals surface area contributed by atoms with E-state index in [1.54, 1.807) is 0 Å². The second-order valence-corrected chi connectivity index (χ2v) is 7.39. The molecule has 0 radical (unpaired) electrons. The Labute approximate surface area is 133 Å². The molecule has 2 aliphatic heterocycles. The maximum absolute atomic E-state index is 11.6.